The zero-order valence-electron chi connectivity index (χ0n) is 13.1. The van der Waals surface area contributed by atoms with Gasteiger partial charge in [-0.15, -0.1) is 0 Å². The van der Waals surface area contributed by atoms with Crippen molar-refractivity contribution in [3.05, 3.63) is 34.9 Å². The summed E-state index contributed by atoms with van der Waals surface area (Å²) >= 11 is 5.95. The van der Waals surface area contributed by atoms with Gasteiger partial charge in [-0.2, -0.15) is 0 Å². The molecule has 0 radical (unpaired) electrons. The smallest absolute Gasteiger partial charge is 0.253 e. The number of nitrogens with one attached hydrogen (secondary N) is 2. The van der Waals surface area contributed by atoms with E-state index >= 15 is 0 Å². The molecule has 0 saturated carbocycles. The van der Waals surface area contributed by atoms with Crippen molar-refractivity contribution in [3.8, 4) is 0 Å². The van der Waals surface area contributed by atoms with Gasteiger partial charge in [-0.25, -0.2) is 0 Å². The van der Waals surface area contributed by atoms with Crippen LogP contribution in [0, 0.1) is 5.92 Å². The van der Waals surface area contributed by atoms with E-state index in [-0.39, 0.29) is 17.7 Å². The van der Waals surface area contributed by atoms with Gasteiger partial charge in [0.2, 0.25) is 5.91 Å². The molecule has 1 aromatic rings. The van der Waals surface area contributed by atoms with Crippen LogP contribution in [0.3, 0.4) is 0 Å². The summed E-state index contributed by atoms with van der Waals surface area (Å²) in [5, 5.41) is 15.0. The van der Waals surface area contributed by atoms with E-state index in [0.29, 0.717) is 23.6 Å². The number of halogens is 1. The Morgan fingerprint density at radius 3 is 2.45 bits per heavy atom. The molecule has 0 saturated heterocycles. The lowest BCUT2D eigenvalue weighted by molar-refractivity contribution is -0.122. The minimum atomic E-state index is -0.664. The Morgan fingerprint density at radius 1 is 1.23 bits per heavy atom. The number of rotatable bonds is 7. The first-order valence-electron chi connectivity index (χ1n) is 7.32. The largest absolute Gasteiger partial charge is 0.393 e. The van der Waals surface area contributed by atoms with Crippen molar-refractivity contribution < 1.29 is 14.7 Å². The molecule has 22 heavy (non-hydrogen) atoms. The van der Waals surface area contributed by atoms with Crippen molar-refractivity contribution in [1.29, 1.82) is 0 Å². The zero-order valence-corrected chi connectivity index (χ0v) is 13.9. The van der Waals surface area contributed by atoms with E-state index in [2.05, 4.69) is 10.6 Å². The van der Waals surface area contributed by atoms with Gasteiger partial charge in [0.15, 0.2) is 0 Å². The van der Waals surface area contributed by atoms with Crippen molar-refractivity contribution in [2.45, 2.75) is 39.3 Å². The first kappa shape index (κ1) is 18.5. The quantitative estimate of drug-likeness (QED) is 0.717. The molecule has 2 amide bonds. The van der Waals surface area contributed by atoms with Gasteiger partial charge < -0.3 is 15.7 Å². The summed E-state index contributed by atoms with van der Waals surface area (Å²) in [6.45, 7) is 5.73. The molecular weight excluding hydrogens is 304 g/mol. The molecule has 122 valence electrons. The van der Waals surface area contributed by atoms with E-state index in [9.17, 15) is 14.7 Å². The average Bonchev–Trinajstić information content (AvgIpc) is 2.44. The summed E-state index contributed by atoms with van der Waals surface area (Å²) in [6.07, 6.45) is 0.213. The minimum Gasteiger partial charge on any atom is -0.393 e. The number of benzene rings is 1. The van der Waals surface area contributed by atoms with Gasteiger partial charge in [-0.3, -0.25) is 9.59 Å². The van der Waals surface area contributed by atoms with E-state index in [4.69, 9.17) is 11.6 Å². The third-order valence-electron chi connectivity index (χ3n) is 3.23. The van der Waals surface area contributed by atoms with Gasteiger partial charge in [0, 0.05) is 6.54 Å². The van der Waals surface area contributed by atoms with Crippen molar-refractivity contribution in [2.24, 2.45) is 5.92 Å². The number of carbonyl (C=O) groups is 2. The summed E-state index contributed by atoms with van der Waals surface area (Å²) in [6, 6.07) is 6.01. The fourth-order valence-electron chi connectivity index (χ4n) is 2.08. The van der Waals surface area contributed by atoms with Crippen molar-refractivity contribution >= 4 is 23.4 Å². The Labute approximate surface area is 136 Å². The lowest BCUT2D eigenvalue weighted by atomic mass is 10.0. The molecule has 1 aromatic carbocycles. The molecule has 0 aliphatic rings. The number of carbonyl (C=O) groups excluding carboxylic acids is 2. The van der Waals surface area contributed by atoms with Crippen LogP contribution < -0.4 is 10.6 Å². The van der Waals surface area contributed by atoms with Crippen molar-refractivity contribution in [1.82, 2.24) is 10.6 Å². The molecule has 0 spiro atoms. The highest BCUT2D eigenvalue weighted by molar-refractivity contribution is 6.33. The lowest BCUT2D eigenvalue weighted by Crippen LogP contribution is -2.46. The Bertz CT molecular complexity index is 520. The van der Waals surface area contributed by atoms with Gasteiger partial charge in [0.25, 0.3) is 5.91 Å². The zero-order chi connectivity index (χ0) is 16.7. The van der Waals surface area contributed by atoms with Gasteiger partial charge in [0.1, 0.15) is 6.04 Å². The summed E-state index contributed by atoms with van der Waals surface area (Å²) < 4.78 is 0. The topological polar surface area (TPSA) is 78.4 Å². The second-order valence-electron chi connectivity index (χ2n) is 5.61. The van der Waals surface area contributed by atoms with Crippen LogP contribution in [0.1, 0.15) is 37.6 Å². The first-order chi connectivity index (χ1) is 10.3. The Hall–Kier alpha value is -1.59. The Kier molecular flexibility index (Phi) is 7.35. The van der Waals surface area contributed by atoms with Crippen LogP contribution in [0.5, 0.6) is 0 Å². The van der Waals surface area contributed by atoms with Gasteiger partial charge >= 0.3 is 0 Å². The number of aliphatic hydroxyl groups is 1. The normalized spacial score (nSPS) is 14.8. The molecule has 0 aliphatic carbocycles. The molecule has 6 heteroatoms. The van der Waals surface area contributed by atoms with E-state index in [1.54, 1.807) is 38.1 Å². The molecule has 0 aliphatic heterocycles. The van der Waals surface area contributed by atoms with E-state index in [1.165, 1.54) is 0 Å². The van der Waals surface area contributed by atoms with Crippen LogP contribution in [0.15, 0.2) is 24.3 Å². The van der Waals surface area contributed by atoms with Crippen molar-refractivity contribution in [2.75, 3.05) is 6.54 Å². The molecule has 0 aromatic heterocycles. The maximum atomic E-state index is 12.1. The fraction of sp³-hybridized carbons (Fsp3) is 0.500. The maximum Gasteiger partial charge on any atom is 0.253 e. The molecular formula is C16H23ClN2O3. The summed E-state index contributed by atoms with van der Waals surface area (Å²) in [7, 11) is 0. The SMILES string of the molecule is CC(O)CC(C)CNC(=O)C(C)NC(=O)c1ccccc1Cl. The second kappa shape index (κ2) is 8.76. The minimum absolute atomic E-state index is 0.162. The van der Waals surface area contributed by atoms with Crippen LogP contribution in [0.4, 0.5) is 0 Å². The van der Waals surface area contributed by atoms with Crippen LogP contribution in [-0.4, -0.2) is 35.6 Å². The van der Waals surface area contributed by atoms with Gasteiger partial charge in [-0.05, 0) is 38.3 Å². The molecule has 0 fully saturated rings. The summed E-state index contributed by atoms with van der Waals surface area (Å²) in [5.74, 6) is -0.487. The average molecular weight is 327 g/mol. The second-order valence-corrected chi connectivity index (χ2v) is 6.02. The van der Waals surface area contributed by atoms with Crippen LogP contribution in [0.2, 0.25) is 5.02 Å². The predicted octanol–water partition coefficient (Wildman–Crippen LogP) is 1.98. The standard InChI is InChI=1S/C16H23ClN2O3/c1-10(8-11(2)20)9-18-15(21)12(3)19-16(22)13-6-4-5-7-14(13)17/h4-7,10-12,20H,8-9H2,1-3H3,(H,18,21)(H,19,22). The third kappa shape index (κ3) is 6.03. The Morgan fingerprint density at radius 2 is 1.86 bits per heavy atom. The number of hydrogen-bond acceptors (Lipinski definition) is 3. The van der Waals surface area contributed by atoms with E-state index < -0.39 is 12.1 Å². The maximum absolute atomic E-state index is 12.1. The highest BCUT2D eigenvalue weighted by Crippen LogP contribution is 2.14. The van der Waals surface area contributed by atoms with Crippen LogP contribution in [-0.2, 0) is 4.79 Å². The highest BCUT2D eigenvalue weighted by atomic mass is 35.5. The van der Waals surface area contributed by atoms with Crippen LogP contribution in [0.25, 0.3) is 0 Å². The molecule has 0 heterocycles. The first-order valence-corrected chi connectivity index (χ1v) is 7.70. The molecule has 3 N–H and O–H groups in total. The molecule has 3 unspecified atom stereocenters. The van der Waals surface area contributed by atoms with E-state index in [1.807, 2.05) is 6.92 Å². The van der Waals surface area contributed by atoms with Crippen LogP contribution >= 0.6 is 11.6 Å². The third-order valence-corrected chi connectivity index (χ3v) is 3.56. The number of amides is 2. The summed E-state index contributed by atoms with van der Waals surface area (Å²) in [4.78, 5) is 24.0. The summed E-state index contributed by atoms with van der Waals surface area (Å²) in [5.41, 5.74) is 0.339. The monoisotopic (exact) mass is 326 g/mol. The number of hydrogen-bond donors (Lipinski definition) is 3. The van der Waals surface area contributed by atoms with Gasteiger partial charge in [0.05, 0.1) is 16.7 Å². The van der Waals surface area contributed by atoms with Gasteiger partial charge in [-0.1, -0.05) is 30.7 Å². The fourth-order valence-corrected chi connectivity index (χ4v) is 2.30. The Balaban J connectivity index is 2.47. The highest BCUT2D eigenvalue weighted by Gasteiger charge is 2.18. The predicted molar refractivity (Wildman–Crippen MR) is 86.9 cm³/mol. The molecule has 5 nitrogen and oxygen atoms in total. The van der Waals surface area contributed by atoms with E-state index in [0.717, 1.165) is 0 Å². The lowest BCUT2D eigenvalue weighted by Gasteiger charge is -2.18. The molecule has 1 rings (SSSR count). The van der Waals surface area contributed by atoms with Crippen molar-refractivity contribution in [3.63, 3.8) is 0 Å². The molecule has 3 atom stereocenters. The number of aliphatic hydroxyl groups excluding tert-OH is 1. The molecule has 0 bridgehead atoms.